The first kappa shape index (κ1) is 95.4. The Morgan fingerprint density at radius 2 is 0.792 bits per heavy atom. The van der Waals surface area contributed by atoms with Gasteiger partial charge in [-0.15, -0.1) is 26.3 Å². The van der Waals surface area contributed by atoms with Gasteiger partial charge in [0.2, 0.25) is 0 Å². The second kappa shape index (κ2) is 66.5. The number of phosphoric ester groups is 2. The number of phosphoric acid groups is 2. The Kier molecular flexibility index (Phi) is 62.8. The highest BCUT2D eigenvalue weighted by Gasteiger charge is 2.54. The molecule has 2 fully saturated rings. The van der Waals surface area contributed by atoms with Gasteiger partial charge in [0.15, 0.2) is 18.7 Å². The van der Waals surface area contributed by atoms with Gasteiger partial charge in [-0.2, -0.15) is 0 Å². The van der Waals surface area contributed by atoms with Gasteiger partial charge in [-0.05, 0) is 44.6 Å². The van der Waals surface area contributed by atoms with Gasteiger partial charge >= 0.3 is 15.6 Å². The van der Waals surface area contributed by atoms with E-state index in [9.17, 15) is 14.2 Å². The summed E-state index contributed by atoms with van der Waals surface area (Å²) in [5.74, 6) is 0. The zero-order valence-corrected chi connectivity index (χ0v) is 66.6. The second-order valence-electron chi connectivity index (χ2n) is 27.4. The van der Waals surface area contributed by atoms with Crippen molar-refractivity contribution in [3.8, 4) is 0 Å². The maximum absolute atomic E-state index is 14.7. The number of hydrogen-bond donors (Lipinski definition) is 1. The summed E-state index contributed by atoms with van der Waals surface area (Å²) in [6.07, 6.45) is 47.0. The monoisotopic (exact) mass is 1480 g/mol. The topological polar surface area (TPSA) is 202 Å². The molecule has 0 spiro atoms. The minimum absolute atomic E-state index is 0.0644. The van der Waals surface area contributed by atoms with Crippen LogP contribution in [-0.4, -0.2) is 160 Å². The summed E-state index contributed by atoms with van der Waals surface area (Å²) in [6, 6.07) is 0. The molecule has 0 amide bonds. The van der Waals surface area contributed by atoms with Crippen molar-refractivity contribution in [3.05, 3.63) is 63.0 Å². The molecule has 2 heterocycles. The van der Waals surface area contributed by atoms with Crippen molar-refractivity contribution < 1.29 is 88.7 Å². The number of aliphatic hydroxyl groups excluding tert-OH is 1. The van der Waals surface area contributed by atoms with Crippen LogP contribution in [0.1, 0.15) is 297 Å². The molecule has 0 unspecified atom stereocenters. The number of hydrogen-bond acceptors (Lipinski definition) is 19. The Balaban J connectivity index is 2.66. The molecule has 2 rings (SSSR count). The van der Waals surface area contributed by atoms with Gasteiger partial charge in [-0.1, -0.05) is 283 Å². The van der Waals surface area contributed by atoms with E-state index in [4.69, 9.17) is 74.5 Å². The van der Waals surface area contributed by atoms with E-state index < -0.39 is 77.1 Å². The first-order valence-corrected chi connectivity index (χ1v) is 43.3. The first-order chi connectivity index (χ1) is 49.5. The van der Waals surface area contributed by atoms with E-state index >= 15 is 0 Å². The molecule has 0 aliphatic carbocycles. The van der Waals surface area contributed by atoms with Gasteiger partial charge in [0, 0.05) is 34.0 Å². The minimum atomic E-state index is -4.39. The number of ether oxygens (including phenoxy) is 10. The molecule has 0 bridgehead atoms. The smallest absolute Gasteiger partial charge is 0.475 e. The molecule has 101 heavy (non-hydrogen) atoms. The van der Waals surface area contributed by atoms with E-state index in [-0.39, 0.29) is 65.6 Å². The van der Waals surface area contributed by atoms with E-state index in [0.717, 1.165) is 103 Å². The highest BCUT2D eigenvalue weighted by atomic mass is 31.2. The second-order valence-corrected chi connectivity index (χ2v) is 30.7. The summed E-state index contributed by atoms with van der Waals surface area (Å²) in [7, 11) is -5.19. The lowest BCUT2D eigenvalue weighted by Crippen LogP contribution is -2.63. The molecular weight excluding hydrogens is 1330 g/mol. The molecule has 0 saturated carbocycles. The van der Waals surface area contributed by atoms with E-state index in [1.165, 1.54) is 192 Å². The Morgan fingerprint density at radius 3 is 1.25 bits per heavy atom. The third-order valence-electron chi connectivity index (χ3n) is 18.6. The standard InChI is InChI=1S/C80H150O19P2/c1-11-19-23-27-30-33-36-37-38-39-40-41-44-47-51-55-64-88-78-76(89-65-57-70(85-10)56-52-48-26-22-14-4)74(99-101(83,94-60-17-7)95-61-18-8)72(68-84-9)98-80(78)91-69-71-73(81)75(86-62-53-49-45-42-34-31-28-24-20-12-2)77(87-63-54-50-46-43-35-32-29-25-21-13-3)79(97-71)90-66-67-96-100(82,92-58-15-5)93-59-16-6/h15-18,55,64,70-81H,5-8,11-14,19-54,56-63,65-69H2,1-4,9-10H3/b64-55-/t70-,71-,72-,73-,74-,75+,76+,77-,78-,79+,80-/m1/s1. The zero-order chi connectivity index (χ0) is 73.4. The van der Waals surface area contributed by atoms with Crippen LogP contribution in [0.4, 0.5) is 0 Å². The van der Waals surface area contributed by atoms with Gasteiger partial charge in [0.25, 0.3) is 0 Å². The predicted octanol–water partition coefficient (Wildman–Crippen LogP) is 21.4. The summed E-state index contributed by atoms with van der Waals surface area (Å²) in [4.78, 5) is 0. The molecule has 2 aliphatic heterocycles. The zero-order valence-electron chi connectivity index (χ0n) is 64.8. The fourth-order valence-corrected chi connectivity index (χ4v) is 15.1. The summed E-state index contributed by atoms with van der Waals surface area (Å²) in [5, 5.41) is 12.7. The highest BCUT2D eigenvalue weighted by molar-refractivity contribution is 7.48. The van der Waals surface area contributed by atoms with Crippen molar-refractivity contribution in [2.45, 2.75) is 365 Å². The molecule has 0 aromatic carbocycles. The molecule has 0 aromatic heterocycles. The Labute approximate surface area is 616 Å². The van der Waals surface area contributed by atoms with Gasteiger partial charge in [-0.25, -0.2) is 9.13 Å². The van der Waals surface area contributed by atoms with Crippen LogP contribution in [0.2, 0.25) is 0 Å². The molecule has 1 N–H and O–H groups in total. The maximum atomic E-state index is 14.7. The lowest BCUT2D eigenvalue weighted by molar-refractivity contribution is -0.340. The molecule has 2 aliphatic rings. The van der Waals surface area contributed by atoms with Crippen LogP contribution in [0, 0.1) is 0 Å². The Morgan fingerprint density at radius 1 is 0.386 bits per heavy atom. The summed E-state index contributed by atoms with van der Waals surface area (Å²) in [5.41, 5.74) is 0. The lowest BCUT2D eigenvalue weighted by Gasteiger charge is -2.47. The molecule has 0 aromatic rings. The summed E-state index contributed by atoms with van der Waals surface area (Å²) in [6.45, 7) is 23.7. The van der Waals surface area contributed by atoms with E-state index in [2.05, 4.69) is 54.0 Å². The largest absolute Gasteiger partial charge is 0.490 e. The van der Waals surface area contributed by atoms with Crippen LogP contribution in [0.3, 0.4) is 0 Å². The molecule has 0 radical (unpaired) electrons. The maximum Gasteiger partial charge on any atom is 0.475 e. The van der Waals surface area contributed by atoms with Gasteiger partial charge < -0.3 is 52.5 Å². The van der Waals surface area contributed by atoms with E-state index in [1.807, 2.05) is 6.08 Å². The molecule has 11 atom stereocenters. The number of methoxy groups -OCH3 is 2. The van der Waals surface area contributed by atoms with Crippen molar-refractivity contribution in [2.75, 3.05) is 86.9 Å². The Bertz CT molecular complexity index is 2010. The number of rotatable bonds is 76. The lowest BCUT2D eigenvalue weighted by atomic mass is 9.97. The molecule has 19 nitrogen and oxygen atoms in total. The van der Waals surface area contributed by atoms with Gasteiger partial charge in [0.1, 0.15) is 42.7 Å². The van der Waals surface area contributed by atoms with Crippen LogP contribution >= 0.6 is 15.6 Å². The van der Waals surface area contributed by atoms with Gasteiger partial charge in [0.05, 0.1) is 65.2 Å². The van der Waals surface area contributed by atoms with Crippen LogP contribution in [0.15, 0.2) is 63.0 Å². The number of unbranched alkanes of at least 4 members (excludes halogenated alkanes) is 36. The average Bonchev–Trinajstić information content (AvgIpc) is 0.789. The molecule has 594 valence electrons. The molecule has 21 heteroatoms. The fourth-order valence-electron chi connectivity index (χ4n) is 12.7. The third kappa shape index (κ3) is 47.0. The fraction of sp³-hybridized carbons (Fsp3) is 0.875. The number of allylic oxidation sites excluding steroid dienone is 1. The van der Waals surface area contributed by atoms with Crippen LogP contribution in [-0.2, 0) is 83.6 Å². The minimum Gasteiger partial charge on any atom is -0.490 e. The predicted molar refractivity (Wildman–Crippen MR) is 408 cm³/mol. The third-order valence-corrected chi connectivity index (χ3v) is 21.5. The Hall–Kier alpha value is -1.68. The molecular formula is C80H150O19P2. The van der Waals surface area contributed by atoms with Gasteiger partial charge in [-0.3, -0.25) is 27.1 Å². The molecule has 2 saturated heterocycles. The van der Waals surface area contributed by atoms with Crippen LogP contribution in [0.25, 0.3) is 0 Å². The van der Waals surface area contributed by atoms with Crippen molar-refractivity contribution >= 4 is 15.6 Å². The van der Waals surface area contributed by atoms with E-state index in [0.29, 0.717) is 19.6 Å². The normalized spacial score (nSPS) is 21.5. The summed E-state index contributed by atoms with van der Waals surface area (Å²) < 4.78 is 129. The van der Waals surface area contributed by atoms with Crippen LogP contribution < -0.4 is 0 Å². The van der Waals surface area contributed by atoms with Crippen molar-refractivity contribution in [1.29, 1.82) is 0 Å². The van der Waals surface area contributed by atoms with Crippen molar-refractivity contribution in [1.82, 2.24) is 0 Å². The van der Waals surface area contributed by atoms with E-state index in [1.54, 1.807) is 13.4 Å². The highest BCUT2D eigenvalue weighted by Crippen LogP contribution is 2.53. The number of aliphatic hydroxyl groups is 1. The summed E-state index contributed by atoms with van der Waals surface area (Å²) >= 11 is 0. The van der Waals surface area contributed by atoms with Crippen LogP contribution in [0.5, 0.6) is 0 Å². The first-order valence-electron chi connectivity index (χ1n) is 40.4. The quantitative estimate of drug-likeness (QED) is 0.0260. The van der Waals surface area contributed by atoms with Crippen molar-refractivity contribution in [3.63, 3.8) is 0 Å². The average molecular weight is 1480 g/mol. The SMILES string of the molecule is C=CCOP(=O)(OCC=C)OCCO[C@H]1O[C@H](CO[C@@H]2O[C@H](COC)[C@@H](OP(=O)(OCC=C)OCC=C)[C@H](OCC[C@@H](CCCCCCC)OC)[C@H]2O/C=C\CCCCCCCCCCCCCCCC)[C@@H](O)[C@H](OCCCCCCCCCCCC)[C@H]1OCCCCCCCCCCCC. The van der Waals surface area contributed by atoms with Crippen molar-refractivity contribution in [2.24, 2.45) is 0 Å².